The summed E-state index contributed by atoms with van der Waals surface area (Å²) in [5.41, 5.74) is 2.88. The predicted octanol–water partition coefficient (Wildman–Crippen LogP) is 3.53. The van der Waals surface area contributed by atoms with Gasteiger partial charge in [-0.05, 0) is 25.1 Å². The molecule has 2 aromatic heterocycles. The maximum atomic E-state index is 6.12. The third-order valence-electron chi connectivity index (χ3n) is 2.89. The van der Waals surface area contributed by atoms with E-state index in [9.17, 15) is 0 Å². The van der Waals surface area contributed by atoms with Crippen molar-refractivity contribution in [1.82, 2.24) is 15.0 Å². The Kier molecular flexibility index (Phi) is 3.09. The van der Waals surface area contributed by atoms with Crippen LogP contribution in [-0.2, 0) is 6.54 Å². The van der Waals surface area contributed by atoms with E-state index in [2.05, 4.69) is 20.3 Å². The summed E-state index contributed by atoms with van der Waals surface area (Å²) in [5.74, 6) is 0.908. The summed E-state index contributed by atoms with van der Waals surface area (Å²) in [6.07, 6.45) is 3.60. The average molecular weight is 273 g/mol. The molecule has 3 aromatic rings. The van der Waals surface area contributed by atoms with Gasteiger partial charge >= 0.3 is 0 Å². The van der Waals surface area contributed by atoms with Gasteiger partial charge in [0.15, 0.2) is 0 Å². The molecule has 0 saturated heterocycles. The van der Waals surface area contributed by atoms with E-state index < -0.39 is 0 Å². The molecule has 3 rings (SSSR count). The van der Waals surface area contributed by atoms with Gasteiger partial charge < -0.3 is 10.3 Å². The Labute approximate surface area is 115 Å². The van der Waals surface area contributed by atoms with Gasteiger partial charge in [-0.1, -0.05) is 17.7 Å². The van der Waals surface area contributed by atoms with Crippen molar-refractivity contribution >= 4 is 28.2 Å². The van der Waals surface area contributed by atoms with E-state index in [1.807, 2.05) is 37.4 Å². The van der Waals surface area contributed by atoms with Gasteiger partial charge in [0.05, 0.1) is 29.6 Å². The molecule has 0 aliphatic carbocycles. The van der Waals surface area contributed by atoms with E-state index in [4.69, 9.17) is 11.6 Å². The van der Waals surface area contributed by atoms with Gasteiger partial charge in [-0.15, -0.1) is 0 Å². The maximum Gasteiger partial charge on any atom is 0.103 e. The molecule has 96 valence electrons. The van der Waals surface area contributed by atoms with Crippen LogP contribution in [-0.4, -0.2) is 15.0 Å². The van der Waals surface area contributed by atoms with E-state index >= 15 is 0 Å². The lowest BCUT2D eigenvalue weighted by Crippen LogP contribution is -2.01. The molecule has 0 unspecified atom stereocenters. The molecule has 0 aliphatic rings. The maximum absolute atomic E-state index is 6.12. The second-order valence-electron chi connectivity index (χ2n) is 4.38. The van der Waals surface area contributed by atoms with Gasteiger partial charge in [-0.3, -0.25) is 4.98 Å². The fourth-order valence-corrected chi connectivity index (χ4v) is 2.27. The van der Waals surface area contributed by atoms with Crippen LogP contribution in [0.3, 0.4) is 0 Å². The minimum absolute atomic E-state index is 0.660. The molecule has 0 fully saturated rings. The SMILES string of the molecule is Cc1ncc(CNc2cc(Cl)cc3cccnc23)[nH]1. The van der Waals surface area contributed by atoms with Crippen LogP contribution in [0, 0.1) is 6.92 Å². The van der Waals surface area contributed by atoms with Crippen LogP contribution < -0.4 is 5.32 Å². The summed E-state index contributed by atoms with van der Waals surface area (Å²) in [6.45, 7) is 2.59. The number of pyridine rings is 1. The summed E-state index contributed by atoms with van der Waals surface area (Å²) in [4.78, 5) is 11.7. The van der Waals surface area contributed by atoms with Gasteiger partial charge in [0.1, 0.15) is 5.82 Å². The predicted molar refractivity (Wildman–Crippen MR) is 77.4 cm³/mol. The molecule has 1 aromatic carbocycles. The second-order valence-corrected chi connectivity index (χ2v) is 4.81. The largest absolute Gasteiger partial charge is 0.378 e. The molecular formula is C14H13ClN4. The fourth-order valence-electron chi connectivity index (χ4n) is 2.04. The summed E-state index contributed by atoms with van der Waals surface area (Å²) in [5, 5.41) is 5.06. The Balaban J connectivity index is 1.91. The van der Waals surface area contributed by atoms with Crippen LogP contribution in [0.5, 0.6) is 0 Å². The number of aromatic nitrogens is 3. The van der Waals surface area contributed by atoms with Gasteiger partial charge in [0.25, 0.3) is 0 Å². The molecule has 0 saturated carbocycles. The minimum Gasteiger partial charge on any atom is -0.378 e. The molecule has 2 N–H and O–H groups in total. The van der Waals surface area contributed by atoms with E-state index in [-0.39, 0.29) is 0 Å². The van der Waals surface area contributed by atoms with Crippen LogP contribution in [0.25, 0.3) is 10.9 Å². The molecule has 2 heterocycles. The lowest BCUT2D eigenvalue weighted by atomic mass is 10.2. The van der Waals surface area contributed by atoms with Crippen LogP contribution in [0.1, 0.15) is 11.5 Å². The van der Waals surface area contributed by atoms with E-state index in [1.54, 1.807) is 6.20 Å². The Hall–Kier alpha value is -2.07. The molecule has 0 aliphatic heterocycles. The molecule has 4 nitrogen and oxygen atoms in total. The van der Waals surface area contributed by atoms with Crippen molar-refractivity contribution in [2.45, 2.75) is 13.5 Å². The smallest absolute Gasteiger partial charge is 0.103 e. The zero-order valence-corrected chi connectivity index (χ0v) is 11.2. The fraction of sp³-hybridized carbons (Fsp3) is 0.143. The first kappa shape index (κ1) is 12.0. The lowest BCUT2D eigenvalue weighted by Gasteiger charge is -2.08. The van der Waals surface area contributed by atoms with Crippen molar-refractivity contribution in [2.24, 2.45) is 0 Å². The molecule has 0 amide bonds. The summed E-state index contributed by atoms with van der Waals surface area (Å²) in [7, 11) is 0. The van der Waals surface area contributed by atoms with Gasteiger partial charge in [-0.25, -0.2) is 4.98 Å². The van der Waals surface area contributed by atoms with Crippen LogP contribution >= 0.6 is 11.6 Å². The standard InChI is InChI=1S/C14H13ClN4/c1-9-17-7-12(19-9)8-18-13-6-11(15)5-10-3-2-4-16-14(10)13/h2-7,18H,8H2,1H3,(H,17,19). The average Bonchev–Trinajstić information content (AvgIpc) is 2.81. The first-order valence-electron chi connectivity index (χ1n) is 6.01. The van der Waals surface area contributed by atoms with Crippen molar-refractivity contribution in [2.75, 3.05) is 5.32 Å². The Morgan fingerprint density at radius 1 is 1.32 bits per heavy atom. The Morgan fingerprint density at radius 3 is 3.00 bits per heavy atom. The minimum atomic E-state index is 0.660. The molecule has 0 radical (unpaired) electrons. The Bertz CT molecular complexity index is 720. The highest BCUT2D eigenvalue weighted by Gasteiger charge is 2.05. The van der Waals surface area contributed by atoms with Gasteiger partial charge in [-0.2, -0.15) is 0 Å². The number of aromatic amines is 1. The number of rotatable bonds is 3. The number of fused-ring (bicyclic) bond motifs is 1. The van der Waals surface area contributed by atoms with Crippen molar-refractivity contribution in [3.05, 3.63) is 53.2 Å². The summed E-state index contributed by atoms with van der Waals surface area (Å²) in [6, 6.07) is 7.70. The second kappa shape index (κ2) is 4.90. The molecule has 0 atom stereocenters. The number of H-pyrrole nitrogens is 1. The van der Waals surface area contributed by atoms with Crippen molar-refractivity contribution < 1.29 is 0 Å². The van der Waals surface area contributed by atoms with E-state index in [0.29, 0.717) is 11.6 Å². The molecule has 19 heavy (non-hydrogen) atoms. The molecule has 5 heteroatoms. The quantitative estimate of drug-likeness (QED) is 0.767. The number of imidazole rings is 1. The van der Waals surface area contributed by atoms with E-state index in [0.717, 1.165) is 28.1 Å². The van der Waals surface area contributed by atoms with Crippen molar-refractivity contribution in [3.8, 4) is 0 Å². The highest BCUT2D eigenvalue weighted by Crippen LogP contribution is 2.26. The topological polar surface area (TPSA) is 53.6 Å². The number of halogens is 1. The number of nitrogens with one attached hydrogen (secondary N) is 2. The number of anilines is 1. The first-order valence-corrected chi connectivity index (χ1v) is 6.39. The summed E-state index contributed by atoms with van der Waals surface area (Å²) >= 11 is 6.12. The number of hydrogen-bond acceptors (Lipinski definition) is 3. The number of aryl methyl sites for hydroxylation is 1. The van der Waals surface area contributed by atoms with Crippen molar-refractivity contribution in [1.29, 1.82) is 0 Å². The number of nitrogens with zero attached hydrogens (tertiary/aromatic N) is 2. The monoisotopic (exact) mass is 272 g/mol. The number of benzene rings is 1. The molecule has 0 spiro atoms. The van der Waals surface area contributed by atoms with E-state index in [1.165, 1.54) is 0 Å². The Morgan fingerprint density at radius 2 is 2.21 bits per heavy atom. The normalized spacial score (nSPS) is 10.8. The van der Waals surface area contributed by atoms with Gasteiger partial charge in [0.2, 0.25) is 0 Å². The van der Waals surface area contributed by atoms with Gasteiger partial charge in [0, 0.05) is 16.6 Å². The highest BCUT2D eigenvalue weighted by molar-refractivity contribution is 6.31. The summed E-state index contributed by atoms with van der Waals surface area (Å²) < 4.78 is 0. The highest BCUT2D eigenvalue weighted by atomic mass is 35.5. The molecular weight excluding hydrogens is 260 g/mol. The van der Waals surface area contributed by atoms with Crippen LogP contribution in [0.2, 0.25) is 5.02 Å². The van der Waals surface area contributed by atoms with Crippen molar-refractivity contribution in [3.63, 3.8) is 0 Å². The van der Waals surface area contributed by atoms with Crippen LogP contribution in [0.4, 0.5) is 5.69 Å². The number of hydrogen-bond donors (Lipinski definition) is 2. The van der Waals surface area contributed by atoms with Crippen LogP contribution in [0.15, 0.2) is 36.7 Å². The zero-order chi connectivity index (χ0) is 13.2. The third-order valence-corrected chi connectivity index (χ3v) is 3.11. The zero-order valence-electron chi connectivity index (χ0n) is 10.4. The third kappa shape index (κ3) is 2.53. The first-order chi connectivity index (χ1) is 9.22. The lowest BCUT2D eigenvalue weighted by molar-refractivity contribution is 1.05. The molecule has 0 bridgehead atoms.